The minimum atomic E-state index is -0.125. The molecule has 0 aromatic heterocycles. The normalized spacial score (nSPS) is 11.9. The van der Waals surface area contributed by atoms with Crippen LogP contribution in [0.1, 0.15) is 28.8 Å². The van der Waals surface area contributed by atoms with Crippen LogP contribution in [0.25, 0.3) is 0 Å². The lowest BCUT2D eigenvalue weighted by molar-refractivity contribution is 0.0966. The van der Waals surface area contributed by atoms with Crippen LogP contribution in [0.2, 0.25) is 0 Å². The maximum absolute atomic E-state index is 12.3. The minimum absolute atomic E-state index is 0.125. The third-order valence-corrected chi connectivity index (χ3v) is 3.07. The zero-order valence-electron chi connectivity index (χ0n) is 10.6. The highest BCUT2D eigenvalue weighted by Crippen LogP contribution is 2.21. The molecular weight excluding hydrogens is 224 g/mol. The zero-order valence-corrected chi connectivity index (χ0v) is 10.6. The summed E-state index contributed by atoms with van der Waals surface area (Å²) >= 11 is 0. The van der Waals surface area contributed by atoms with Crippen molar-refractivity contribution in [3.8, 4) is 5.75 Å². The number of ether oxygens (including phenoxy) is 1. The van der Waals surface area contributed by atoms with Crippen LogP contribution in [-0.4, -0.2) is 12.9 Å². The molecule has 0 aliphatic rings. The number of carbonyl (C=O) groups is 1. The van der Waals surface area contributed by atoms with E-state index in [9.17, 15) is 4.79 Å². The quantitative estimate of drug-likeness (QED) is 0.762. The fraction of sp³-hybridized carbons (Fsp3) is 0.188. The van der Waals surface area contributed by atoms with Gasteiger partial charge in [0.25, 0.3) is 0 Å². The number of ketones is 1. The zero-order chi connectivity index (χ0) is 13.0. The molecular formula is C16H16O2. The predicted octanol–water partition coefficient (Wildman–Crippen LogP) is 3.68. The predicted molar refractivity (Wildman–Crippen MR) is 72.2 cm³/mol. The summed E-state index contributed by atoms with van der Waals surface area (Å²) in [6.45, 7) is 1.93. The fourth-order valence-corrected chi connectivity index (χ4v) is 1.90. The molecule has 92 valence electrons. The molecule has 0 bridgehead atoms. The number of Topliss-reactive ketones (excluding diaryl/α,β-unsaturated/α-hetero) is 1. The van der Waals surface area contributed by atoms with Gasteiger partial charge in [-0.1, -0.05) is 37.3 Å². The Morgan fingerprint density at radius 3 is 2.17 bits per heavy atom. The number of rotatable bonds is 4. The molecule has 1 atom stereocenters. The van der Waals surface area contributed by atoms with Crippen LogP contribution in [0.5, 0.6) is 5.75 Å². The third kappa shape index (κ3) is 2.59. The van der Waals surface area contributed by atoms with Gasteiger partial charge >= 0.3 is 0 Å². The molecule has 0 heterocycles. The highest BCUT2D eigenvalue weighted by Gasteiger charge is 2.16. The summed E-state index contributed by atoms with van der Waals surface area (Å²) in [5.74, 6) is 0.766. The maximum atomic E-state index is 12.3. The summed E-state index contributed by atoms with van der Waals surface area (Å²) in [6.07, 6.45) is 0. The Labute approximate surface area is 107 Å². The van der Waals surface area contributed by atoms with Crippen molar-refractivity contribution in [1.82, 2.24) is 0 Å². The Bertz CT molecular complexity index is 515. The largest absolute Gasteiger partial charge is 0.497 e. The molecule has 2 aromatic rings. The van der Waals surface area contributed by atoms with Crippen molar-refractivity contribution in [2.45, 2.75) is 12.8 Å². The first-order chi connectivity index (χ1) is 8.72. The molecule has 1 unspecified atom stereocenters. The number of hydrogen-bond donors (Lipinski definition) is 0. The van der Waals surface area contributed by atoms with Crippen LogP contribution in [-0.2, 0) is 0 Å². The van der Waals surface area contributed by atoms with Crippen molar-refractivity contribution in [2.75, 3.05) is 7.11 Å². The first-order valence-corrected chi connectivity index (χ1v) is 5.95. The van der Waals surface area contributed by atoms with E-state index in [2.05, 4.69) is 0 Å². The van der Waals surface area contributed by atoms with Gasteiger partial charge in [0.1, 0.15) is 5.75 Å². The van der Waals surface area contributed by atoms with Gasteiger partial charge in [-0.05, 0) is 29.8 Å². The van der Waals surface area contributed by atoms with E-state index in [1.807, 2.05) is 49.4 Å². The molecule has 2 heteroatoms. The van der Waals surface area contributed by atoms with Gasteiger partial charge in [-0.15, -0.1) is 0 Å². The molecule has 2 nitrogen and oxygen atoms in total. The number of hydrogen-bond acceptors (Lipinski definition) is 2. The van der Waals surface area contributed by atoms with E-state index in [0.717, 1.165) is 11.3 Å². The van der Waals surface area contributed by atoms with Crippen LogP contribution < -0.4 is 4.74 Å². The Morgan fingerprint density at radius 1 is 1.00 bits per heavy atom. The molecule has 0 saturated carbocycles. The first kappa shape index (κ1) is 12.4. The topological polar surface area (TPSA) is 26.3 Å². The highest BCUT2D eigenvalue weighted by molar-refractivity contribution is 6.00. The number of carbonyl (C=O) groups excluding carboxylic acids is 1. The van der Waals surface area contributed by atoms with Crippen molar-refractivity contribution in [3.63, 3.8) is 0 Å². The molecule has 0 fully saturated rings. The molecule has 0 aliphatic heterocycles. The van der Waals surface area contributed by atoms with E-state index < -0.39 is 0 Å². The van der Waals surface area contributed by atoms with E-state index in [1.165, 1.54) is 0 Å². The molecule has 0 radical (unpaired) electrons. The first-order valence-electron chi connectivity index (χ1n) is 5.95. The Balaban J connectivity index is 2.20. The standard InChI is InChI=1S/C16H16O2/c1-12(13-6-4-3-5-7-13)16(17)14-8-10-15(18-2)11-9-14/h3-12H,1-2H3. The van der Waals surface area contributed by atoms with Crippen LogP contribution in [0.4, 0.5) is 0 Å². The van der Waals surface area contributed by atoms with Crippen LogP contribution in [0, 0.1) is 0 Å². The Kier molecular flexibility index (Phi) is 3.78. The molecule has 0 N–H and O–H groups in total. The molecule has 0 aliphatic carbocycles. The summed E-state index contributed by atoms with van der Waals surface area (Å²) in [7, 11) is 1.61. The van der Waals surface area contributed by atoms with E-state index in [1.54, 1.807) is 19.2 Å². The van der Waals surface area contributed by atoms with E-state index in [0.29, 0.717) is 5.56 Å². The molecule has 2 aromatic carbocycles. The fourth-order valence-electron chi connectivity index (χ4n) is 1.90. The highest BCUT2D eigenvalue weighted by atomic mass is 16.5. The third-order valence-electron chi connectivity index (χ3n) is 3.07. The Hall–Kier alpha value is -2.09. The van der Waals surface area contributed by atoms with Crippen molar-refractivity contribution < 1.29 is 9.53 Å². The lowest BCUT2D eigenvalue weighted by atomic mass is 9.92. The van der Waals surface area contributed by atoms with E-state index in [-0.39, 0.29) is 11.7 Å². The van der Waals surface area contributed by atoms with Gasteiger partial charge in [-0.3, -0.25) is 4.79 Å². The van der Waals surface area contributed by atoms with Gasteiger partial charge in [0.15, 0.2) is 5.78 Å². The number of methoxy groups -OCH3 is 1. The van der Waals surface area contributed by atoms with Crippen LogP contribution in [0.15, 0.2) is 54.6 Å². The smallest absolute Gasteiger partial charge is 0.170 e. The average molecular weight is 240 g/mol. The van der Waals surface area contributed by atoms with Gasteiger partial charge in [-0.25, -0.2) is 0 Å². The average Bonchev–Trinajstić information content (AvgIpc) is 2.47. The van der Waals surface area contributed by atoms with Gasteiger partial charge in [0, 0.05) is 11.5 Å². The van der Waals surface area contributed by atoms with Crippen LogP contribution >= 0.6 is 0 Å². The van der Waals surface area contributed by atoms with Gasteiger partial charge in [0.05, 0.1) is 7.11 Å². The van der Waals surface area contributed by atoms with E-state index in [4.69, 9.17) is 4.74 Å². The Morgan fingerprint density at radius 2 is 1.61 bits per heavy atom. The monoisotopic (exact) mass is 240 g/mol. The molecule has 0 saturated heterocycles. The summed E-state index contributed by atoms with van der Waals surface area (Å²) in [5, 5.41) is 0. The second kappa shape index (κ2) is 5.50. The summed E-state index contributed by atoms with van der Waals surface area (Å²) in [4.78, 5) is 12.3. The SMILES string of the molecule is COc1ccc(C(=O)C(C)c2ccccc2)cc1. The summed E-state index contributed by atoms with van der Waals surface area (Å²) in [6, 6.07) is 17.0. The van der Waals surface area contributed by atoms with Crippen LogP contribution in [0.3, 0.4) is 0 Å². The summed E-state index contributed by atoms with van der Waals surface area (Å²) in [5.41, 5.74) is 1.76. The van der Waals surface area contributed by atoms with E-state index >= 15 is 0 Å². The maximum Gasteiger partial charge on any atom is 0.170 e. The second-order valence-corrected chi connectivity index (χ2v) is 4.23. The minimum Gasteiger partial charge on any atom is -0.497 e. The van der Waals surface area contributed by atoms with Gasteiger partial charge < -0.3 is 4.74 Å². The van der Waals surface area contributed by atoms with Crippen molar-refractivity contribution in [2.24, 2.45) is 0 Å². The molecule has 18 heavy (non-hydrogen) atoms. The van der Waals surface area contributed by atoms with Gasteiger partial charge in [-0.2, -0.15) is 0 Å². The van der Waals surface area contributed by atoms with Gasteiger partial charge in [0.2, 0.25) is 0 Å². The second-order valence-electron chi connectivity index (χ2n) is 4.23. The lowest BCUT2D eigenvalue weighted by Gasteiger charge is -2.11. The van der Waals surface area contributed by atoms with Crippen molar-refractivity contribution in [3.05, 3.63) is 65.7 Å². The van der Waals surface area contributed by atoms with Crippen molar-refractivity contribution in [1.29, 1.82) is 0 Å². The van der Waals surface area contributed by atoms with Crippen molar-refractivity contribution >= 4 is 5.78 Å². The molecule has 0 amide bonds. The lowest BCUT2D eigenvalue weighted by Crippen LogP contribution is -2.09. The number of benzene rings is 2. The molecule has 2 rings (SSSR count). The summed E-state index contributed by atoms with van der Waals surface area (Å²) < 4.78 is 5.08. The molecule has 0 spiro atoms.